The van der Waals surface area contributed by atoms with Gasteiger partial charge in [0.25, 0.3) is 0 Å². The monoisotopic (exact) mass is 262 g/mol. The first-order valence-electron chi connectivity index (χ1n) is 6.53. The fourth-order valence-corrected chi connectivity index (χ4v) is 3.48. The van der Waals surface area contributed by atoms with Gasteiger partial charge in [-0.25, -0.2) is 0 Å². The van der Waals surface area contributed by atoms with E-state index in [1.165, 1.54) is 29.7 Å². The number of hydrogen-bond donors (Lipinski definition) is 2. The number of hydrogen-bond acceptors (Lipinski definition) is 4. The molecular formula is C14H18N2OS. The molecule has 0 bridgehead atoms. The molecule has 3 rings (SSSR count). The van der Waals surface area contributed by atoms with E-state index in [4.69, 9.17) is 5.73 Å². The highest BCUT2D eigenvalue weighted by molar-refractivity contribution is 7.19. The van der Waals surface area contributed by atoms with Crippen LogP contribution in [0.15, 0.2) is 12.7 Å². The Balaban J connectivity index is 1.93. The molecule has 2 saturated carbocycles. The van der Waals surface area contributed by atoms with Crippen LogP contribution in [0.5, 0.6) is 0 Å². The highest BCUT2D eigenvalue weighted by Crippen LogP contribution is 2.52. The molecule has 0 atom stereocenters. The lowest BCUT2D eigenvalue weighted by Gasteiger charge is -2.04. The van der Waals surface area contributed by atoms with Crippen LogP contribution in [0.4, 0.5) is 10.7 Å². The smallest absolute Gasteiger partial charge is 0.178 e. The Hall–Kier alpha value is -1.29. The maximum absolute atomic E-state index is 12.2. The maximum atomic E-state index is 12.2. The van der Waals surface area contributed by atoms with E-state index in [1.807, 2.05) is 6.08 Å². The van der Waals surface area contributed by atoms with Gasteiger partial charge in [0.15, 0.2) is 5.78 Å². The second-order valence-electron chi connectivity index (χ2n) is 5.17. The molecule has 2 fully saturated rings. The molecule has 0 aliphatic heterocycles. The summed E-state index contributed by atoms with van der Waals surface area (Å²) in [5, 5.41) is 4.41. The zero-order chi connectivity index (χ0) is 12.7. The van der Waals surface area contributed by atoms with E-state index < -0.39 is 0 Å². The Morgan fingerprint density at radius 2 is 2.17 bits per heavy atom. The Labute approximate surface area is 111 Å². The van der Waals surface area contributed by atoms with E-state index in [9.17, 15) is 4.79 Å². The van der Waals surface area contributed by atoms with Crippen molar-refractivity contribution < 1.29 is 4.79 Å². The number of carbonyl (C=O) groups is 1. The summed E-state index contributed by atoms with van der Waals surface area (Å²) >= 11 is 1.54. The number of thiophene rings is 1. The van der Waals surface area contributed by atoms with Crippen LogP contribution in [-0.4, -0.2) is 12.3 Å². The van der Waals surface area contributed by atoms with Gasteiger partial charge in [-0.15, -0.1) is 17.9 Å². The van der Waals surface area contributed by atoms with Crippen LogP contribution >= 0.6 is 11.3 Å². The molecule has 0 saturated heterocycles. The van der Waals surface area contributed by atoms with Crippen molar-refractivity contribution in [2.45, 2.75) is 31.6 Å². The predicted octanol–water partition coefficient (Wildman–Crippen LogP) is 3.40. The average Bonchev–Trinajstić information content (AvgIpc) is 3.24. The standard InChI is InChI=1S/C14H18N2OS/c1-2-7-16-14-10(8-3-4-8)11(15)13(18-14)12(17)9-5-6-9/h2,8-9,16H,1,3-7,15H2. The third kappa shape index (κ3) is 2.05. The third-order valence-electron chi connectivity index (χ3n) is 3.55. The molecule has 4 heteroatoms. The highest BCUT2D eigenvalue weighted by atomic mass is 32.1. The molecule has 0 spiro atoms. The summed E-state index contributed by atoms with van der Waals surface area (Å²) in [6, 6.07) is 0. The first-order chi connectivity index (χ1) is 8.72. The Morgan fingerprint density at radius 3 is 2.72 bits per heavy atom. The quantitative estimate of drug-likeness (QED) is 0.610. The minimum absolute atomic E-state index is 0.241. The molecule has 1 aromatic rings. The Kier molecular flexibility index (Phi) is 2.90. The maximum Gasteiger partial charge on any atom is 0.178 e. The van der Waals surface area contributed by atoms with Crippen molar-refractivity contribution in [2.24, 2.45) is 5.92 Å². The number of nitrogens with two attached hydrogens (primary N) is 1. The fraction of sp³-hybridized carbons (Fsp3) is 0.500. The van der Waals surface area contributed by atoms with Gasteiger partial charge in [-0.05, 0) is 31.6 Å². The van der Waals surface area contributed by atoms with Crippen LogP contribution in [0, 0.1) is 5.92 Å². The van der Waals surface area contributed by atoms with E-state index >= 15 is 0 Å². The summed E-state index contributed by atoms with van der Waals surface area (Å²) in [5.41, 5.74) is 8.13. The summed E-state index contributed by atoms with van der Waals surface area (Å²) in [4.78, 5) is 13.0. The van der Waals surface area contributed by atoms with Gasteiger partial charge in [0.05, 0.1) is 15.6 Å². The third-order valence-corrected chi connectivity index (χ3v) is 4.74. The van der Waals surface area contributed by atoms with Crippen molar-refractivity contribution in [1.82, 2.24) is 0 Å². The van der Waals surface area contributed by atoms with Gasteiger partial charge in [-0.1, -0.05) is 6.08 Å². The Bertz CT molecular complexity index is 498. The van der Waals surface area contributed by atoms with E-state index in [-0.39, 0.29) is 11.7 Å². The minimum atomic E-state index is 0.241. The predicted molar refractivity (Wildman–Crippen MR) is 76.4 cm³/mol. The van der Waals surface area contributed by atoms with Gasteiger partial charge in [0.1, 0.15) is 0 Å². The zero-order valence-corrected chi connectivity index (χ0v) is 11.2. The number of nitrogens with one attached hydrogen (secondary N) is 1. The molecule has 0 radical (unpaired) electrons. The number of carbonyl (C=O) groups excluding carboxylic acids is 1. The number of nitrogen functional groups attached to an aromatic ring is 1. The van der Waals surface area contributed by atoms with Crippen molar-refractivity contribution in [3.8, 4) is 0 Å². The molecule has 1 heterocycles. The molecule has 3 N–H and O–H groups in total. The first kappa shape index (κ1) is 11.8. The summed E-state index contributed by atoms with van der Waals surface area (Å²) in [6.07, 6.45) is 6.28. The number of anilines is 2. The molecule has 1 aromatic heterocycles. The topological polar surface area (TPSA) is 55.1 Å². The van der Waals surface area contributed by atoms with Gasteiger partial charge >= 0.3 is 0 Å². The van der Waals surface area contributed by atoms with Crippen LogP contribution in [0.1, 0.15) is 46.8 Å². The van der Waals surface area contributed by atoms with Crippen LogP contribution in [0.25, 0.3) is 0 Å². The van der Waals surface area contributed by atoms with Gasteiger partial charge in [-0.2, -0.15) is 0 Å². The number of ketones is 1. The normalized spacial score (nSPS) is 18.7. The molecule has 3 nitrogen and oxygen atoms in total. The van der Waals surface area contributed by atoms with Crippen molar-refractivity contribution in [1.29, 1.82) is 0 Å². The van der Waals surface area contributed by atoms with Gasteiger partial charge in [0, 0.05) is 18.0 Å². The van der Waals surface area contributed by atoms with Gasteiger partial charge < -0.3 is 11.1 Å². The summed E-state index contributed by atoms with van der Waals surface area (Å²) in [5.74, 6) is 1.06. The molecular weight excluding hydrogens is 244 g/mol. The van der Waals surface area contributed by atoms with E-state index in [0.717, 1.165) is 35.0 Å². The molecule has 96 valence electrons. The summed E-state index contributed by atoms with van der Waals surface area (Å²) < 4.78 is 0. The molecule has 2 aliphatic carbocycles. The molecule has 0 aromatic carbocycles. The molecule has 18 heavy (non-hydrogen) atoms. The molecule has 2 aliphatic rings. The van der Waals surface area contributed by atoms with Crippen LogP contribution in [0.2, 0.25) is 0 Å². The minimum Gasteiger partial charge on any atom is -0.397 e. The SMILES string of the molecule is C=CCNc1sc(C(=O)C2CC2)c(N)c1C1CC1. The van der Waals surface area contributed by atoms with E-state index in [1.54, 1.807) is 0 Å². The largest absolute Gasteiger partial charge is 0.397 e. The van der Waals surface area contributed by atoms with Crippen LogP contribution in [0.3, 0.4) is 0 Å². The van der Waals surface area contributed by atoms with Crippen LogP contribution < -0.4 is 11.1 Å². The van der Waals surface area contributed by atoms with Gasteiger partial charge in [0.2, 0.25) is 0 Å². The molecule has 0 unspecified atom stereocenters. The van der Waals surface area contributed by atoms with Crippen LogP contribution in [-0.2, 0) is 0 Å². The lowest BCUT2D eigenvalue weighted by molar-refractivity contribution is 0.0972. The second kappa shape index (κ2) is 4.43. The Morgan fingerprint density at radius 1 is 1.44 bits per heavy atom. The molecule has 0 amide bonds. The number of Topliss-reactive ketones (excluding diaryl/α,β-unsaturated/α-hetero) is 1. The van der Waals surface area contributed by atoms with Crippen molar-refractivity contribution in [3.63, 3.8) is 0 Å². The van der Waals surface area contributed by atoms with Crippen molar-refractivity contribution in [2.75, 3.05) is 17.6 Å². The summed E-state index contributed by atoms with van der Waals surface area (Å²) in [6.45, 7) is 4.43. The van der Waals surface area contributed by atoms with Crippen molar-refractivity contribution in [3.05, 3.63) is 23.1 Å². The average molecular weight is 262 g/mol. The lowest BCUT2D eigenvalue weighted by atomic mass is 10.1. The van der Waals surface area contributed by atoms with E-state index in [0.29, 0.717) is 5.92 Å². The van der Waals surface area contributed by atoms with Gasteiger partial charge in [-0.3, -0.25) is 4.79 Å². The number of rotatable bonds is 6. The fourth-order valence-electron chi connectivity index (χ4n) is 2.24. The van der Waals surface area contributed by atoms with E-state index in [2.05, 4.69) is 11.9 Å². The highest BCUT2D eigenvalue weighted by Gasteiger charge is 2.37. The first-order valence-corrected chi connectivity index (χ1v) is 7.35. The van der Waals surface area contributed by atoms with Crippen molar-refractivity contribution >= 4 is 27.8 Å². The second-order valence-corrected chi connectivity index (χ2v) is 6.19. The lowest BCUT2D eigenvalue weighted by Crippen LogP contribution is -2.03. The zero-order valence-electron chi connectivity index (χ0n) is 10.4. The summed E-state index contributed by atoms with van der Waals surface area (Å²) in [7, 11) is 0.